The van der Waals surface area contributed by atoms with Crippen LogP contribution in [0.4, 0.5) is 9.59 Å². The van der Waals surface area contributed by atoms with Crippen LogP contribution >= 0.6 is 0 Å². The largest absolute Gasteiger partial charge is 0.514 e. The molecule has 0 saturated heterocycles. The number of methoxy groups -OCH3 is 1. The van der Waals surface area contributed by atoms with Crippen molar-refractivity contribution in [2.24, 2.45) is 23.5 Å². The number of esters is 2. The van der Waals surface area contributed by atoms with Crippen molar-refractivity contribution >= 4 is 24.2 Å². The fraction of sp³-hybridized carbons (Fsp3) is 0.667. The Balaban J connectivity index is 3.19. The number of hydrogen-bond donors (Lipinski definition) is 1. The highest BCUT2D eigenvalue weighted by atomic mass is 16.8. The van der Waals surface area contributed by atoms with Gasteiger partial charge in [0.2, 0.25) is 0 Å². The number of nitrogens with two attached hydrogens (primary N) is 1. The van der Waals surface area contributed by atoms with Crippen molar-refractivity contribution in [3.05, 3.63) is 23.8 Å². The molecule has 0 heterocycles. The quantitative estimate of drug-likeness (QED) is 0.157. The first kappa shape index (κ1) is 35.7. The van der Waals surface area contributed by atoms with Gasteiger partial charge in [0, 0.05) is 19.3 Å². The molecular formula is C30H47NO10. The summed E-state index contributed by atoms with van der Waals surface area (Å²) in [6.07, 6.45) is -1.97. The summed E-state index contributed by atoms with van der Waals surface area (Å²) < 4.78 is 31.5. The Morgan fingerprint density at radius 1 is 0.829 bits per heavy atom. The Labute approximate surface area is 243 Å². The molecule has 0 aliphatic rings. The van der Waals surface area contributed by atoms with Gasteiger partial charge in [-0.15, -0.1) is 0 Å². The van der Waals surface area contributed by atoms with Gasteiger partial charge in [-0.1, -0.05) is 47.6 Å². The third-order valence-electron chi connectivity index (χ3n) is 6.69. The summed E-state index contributed by atoms with van der Waals surface area (Å²) in [5.41, 5.74) is 5.34. The Bertz CT molecular complexity index is 1020. The summed E-state index contributed by atoms with van der Waals surface area (Å²) in [5, 5.41) is 0. The first-order valence-corrected chi connectivity index (χ1v) is 14.0. The fourth-order valence-corrected chi connectivity index (χ4v) is 3.29. The lowest BCUT2D eigenvalue weighted by molar-refractivity contribution is -0.151. The van der Waals surface area contributed by atoms with E-state index in [1.807, 2.05) is 41.5 Å². The molecule has 232 valence electrons. The second-order valence-corrected chi connectivity index (χ2v) is 11.3. The third-order valence-corrected chi connectivity index (χ3v) is 6.69. The van der Waals surface area contributed by atoms with E-state index in [-0.39, 0.29) is 55.2 Å². The Morgan fingerprint density at radius 2 is 1.37 bits per heavy atom. The van der Waals surface area contributed by atoms with Gasteiger partial charge in [-0.25, -0.2) is 9.59 Å². The highest BCUT2D eigenvalue weighted by Gasteiger charge is 2.36. The van der Waals surface area contributed by atoms with Gasteiger partial charge in [-0.3, -0.25) is 9.59 Å². The summed E-state index contributed by atoms with van der Waals surface area (Å²) in [6, 6.07) is 4.37. The van der Waals surface area contributed by atoms with Crippen LogP contribution in [-0.4, -0.2) is 55.7 Å². The zero-order valence-corrected chi connectivity index (χ0v) is 25.8. The summed E-state index contributed by atoms with van der Waals surface area (Å²) in [7, 11) is 1.21. The van der Waals surface area contributed by atoms with Crippen LogP contribution in [0, 0.1) is 17.8 Å². The summed E-state index contributed by atoms with van der Waals surface area (Å²) in [4.78, 5) is 49.6. The third kappa shape index (κ3) is 12.8. The first-order chi connectivity index (χ1) is 19.1. The van der Waals surface area contributed by atoms with Crippen LogP contribution in [0.1, 0.15) is 80.2 Å². The van der Waals surface area contributed by atoms with E-state index in [0.717, 1.165) is 0 Å². The highest BCUT2D eigenvalue weighted by Crippen LogP contribution is 2.32. The highest BCUT2D eigenvalue weighted by molar-refractivity contribution is 5.81. The van der Waals surface area contributed by atoms with E-state index in [2.05, 4.69) is 0 Å². The molecule has 0 saturated carbocycles. The van der Waals surface area contributed by atoms with Crippen LogP contribution in [0.5, 0.6) is 11.5 Å². The van der Waals surface area contributed by atoms with Gasteiger partial charge in [-0.2, -0.15) is 0 Å². The molecule has 0 amide bonds. The minimum atomic E-state index is -1.56. The predicted molar refractivity (Wildman–Crippen MR) is 152 cm³/mol. The molecule has 0 spiro atoms. The molecule has 2 N–H and O–H groups in total. The SMILES string of the molecule is COC(=O)[C@@](N)(CCOC(=O)CCC(C)C)Cc1ccc(OC(=O)O[C@@H](C)C(C)C)c(OC(=O)OC(C)C(C)C)c1. The van der Waals surface area contributed by atoms with Crippen LogP contribution in [0.2, 0.25) is 0 Å². The Hall–Kier alpha value is -3.34. The molecule has 11 nitrogen and oxygen atoms in total. The normalized spacial score (nSPS) is 14.2. The van der Waals surface area contributed by atoms with Gasteiger partial charge < -0.3 is 34.2 Å². The van der Waals surface area contributed by atoms with Crippen molar-refractivity contribution in [2.75, 3.05) is 13.7 Å². The minimum Gasteiger partial charge on any atom is -0.468 e. The van der Waals surface area contributed by atoms with Crippen molar-refractivity contribution in [3.63, 3.8) is 0 Å². The number of ether oxygens (including phenoxy) is 6. The van der Waals surface area contributed by atoms with Crippen molar-refractivity contribution in [2.45, 2.75) is 98.8 Å². The Morgan fingerprint density at radius 3 is 1.85 bits per heavy atom. The number of benzene rings is 1. The van der Waals surface area contributed by atoms with E-state index in [9.17, 15) is 19.2 Å². The van der Waals surface area contributed by atoms with Gasteiger partial charge in [0.05, 0.1) is 13.7 Å². The van der Waals surface area contributed by atoms with Crippen LogP contribution < -0.4 is 15.2 Å². The molecule has 11 heteroatoms. The molecule has 0 radical (unpaired) electrons. The van der Waals surface area contributed by atoms with Crippen molar-refractivity contribution in [3.8, 4) is 11.5 Å². The molecule has 1 unspecified atom stereocenters. The lowest BCUT2D eigenvalue weighted by Crippen LogP contribution is -2.51. The number of carbonyl (C=O) groups excluding carboxylic acids is 4. The Kier molecular flexibility index (Phi) is 14.6. The van der Waals surface area contributed by atoms with Gasteiger partial charge in [-0.05, 0) is 55.7 Å². The van der Waals surface area contributed by atoms with Gasteiger partial charge in [0.1, 0.15) is 17.7 Å². The van der Waals surface area contributed by atoms with Crippen LogP contribution in [0.3, 0.4) is 0 Å². The average molecular weight is 582 g/mol. The van der Waals surface area contributed by atoms with E-state index in [1.54, 1.807) is 19.9 Å². The molecule has 1 aromatic rings. The zero-order valence-electron chi connectivity index (χ0n) is 25.8. The number of hydrogen-bond acceptors (Lipinski definition) is 11. The molecular weight excluding hydrogens is 534 g/mol. The van der Waals surface area contributed by atoms with E-state index in [4.69, 9.17) is 34.2 Å². The number of carbonyl (C=O) groups is 4. The van der Waals surface area contributed by atoms with Gasteiger partial charge >= 0.3 is 24.2 Å². The van der Waals surface area contributed by atoms with Crippen LogP contribution in [0.15, 0.2) is 18.2 Å². The van der Waals surface area contributed by atoms with Gasteiger partial charge in [0.15, 0.2) is 11.5 Å². The molecule has 0 aromatic heterocycles. The van der Waals surface area contributed by atoms with Crippen LogP contribution in [-0.2, 0) is 35.0 Å². The predicted octanol–water partition coefficient (Wildman–Crippen LogP) is 5.59. The molecule has 0 aliphatic carbocycles. The second kappa shape index (κ2) is 16.8. The standard InChI is InChI=1S/C30H47NO10/c1-18(2)10-13-26(32)37-15-14-30(31,27(33)36-9)17-23-11-12-24(40-28(34)38-21(7)19(3)4)25(16-23)41-29(35)39-22(8)20(5)6/h11-12,16,18-22H,10,13-15,17,31H2,1-9H3/t21-,22?,30+/m0/s1. The van der Waals surface area contributed by atoms with E-state index < -0.39 is 36.0 Å². The molecule has 1 rings (SSSR count). The molecule has 0 bridgehead atoms. The average Bonchev–Trinajstić information content (AvgIpc) is 2.88. The zero-order chi connectivity index (χ0) is 31.3. The molecule has 41 heavy (non-hydrogen) atoms. The van der Waals surface area contributed by atoms with Gasteiger partial charge in [0.25, 0.3) is 0 Å². The minimum absolute atomic E-state index is 0.0190. The summed E-state index contributed by atoms with van der Waals surface area (Å²) in [6.45, 7) is 14.9. The van der Waals surface area contributed by atoms with E-state index >= 15 is 0 Å². The molecule has 0 aliphatic heterocycles. The lowest BCUT2D eigenvalue weighted by atomic mass is 9.88. The van der Waals surface area contributed by atoms with E-state index in [0.29, 0.717) is 17.9 Å². The maximum Gasteiger partial charge on any atom is 0.514 e. The first-order valence-electron chi connectivity index (χ1n) is 14.0. The fourth-order valence-electron chi connectivity index (χ4n) is 3.29. The monoisotopic (exact) mass is 581 g/mol. The van der Waals surface area contributed by atoms with Crippen molar-refractivity contribution < 1.29 is 47.6 Å². The number of rotatable bonds is 15. The maximum atomic E-state index is 12.7. The maximum absolute atomic E-state index is 12.7. The topological polar surface area (TPSA) is 150 Å². The smallest absolute Gasteiger partial charge is 0.468 e. The van der Waals surface area contributed by atoms with Crippen molar-refractivity contribution in [1.82, 2.24) is 0 Å². The van der Waals surface area contributed by atoms with Crippen molar-refractivity contribution in [1.29, 1.82) is 0 Å². The summed E-state index contributed by atoms with van der Waals surface area (Å²) in [5.74, 6) is -0.881. The van der Waals surface area contributed by atoms with Crippen LogP contribution in [0.25, 0.3) is 0 Å². The second-order valence-electron chi connectivity index (χ2n) is 11.3. The lowest BCUT2D eigenvalue weighted by Gasteiger charge is -2.27. The van der Waals surface area contributed by atoms with E-state index in [1.165, 1.54) is 19.2 Å². The summed E-state index contributed by atoms with van der Waals surface area (Å²) >= 11 is 0. The molecule has 3 atom stereocenters. The molecule has 1 aromatic carbocycles. The molecule has 0 fully saturated rings.